The Morgan fingerprint density at radius 3 is 2.77 bits per heavy atom. The lowest BCUT2D eigenvalue weighted by Crippen LogP contribution is -1.97. The summed E-state index contributed by atoms with van der Waals surface area (Å²) in [6.45, 7) is -0.314. The van der Waals surface area contributed by atoms with Gasteiger partial charge in [-0.15, -0.1) is 0 Å². The van der Waals surface area contributed by atoms with Crippen LogP contribution in [0.3, 0.4) is 0 Å². The molecule has 0 bridgehead atoms. The largest absolute Gasteiger partial charge is 0.392 e. The van der Waals surface area contributed by atoms with Gasteiger partial charge in [-0.25, -0.2) is 8.78 Å². The number of rotatable bonds is 2. The summed E-state index contributed by atoms with van der Waals surface area (Å²) in [5, 5.41) is 17.1. The van der Waals surface area contributed by atoms with Crippen molar-refractivity contribution in [2.24, 2.45) is 0 Å². The van der Waals surface area contributed by atoms with Crippen LogP contribution >= 0.6 is 0 Å². The summed E-state index contributed by atoms with van der Waals surface area (Å²) in [6.07, 6.45) is -1.63. The average Bonchev–Trinajstić information content (AvgIpc) is 2.16. The number of pyridine rings is 1. The predicted molar refractivity (Wildman–Crippen MR) is 39.8 cm³/mol. The number of nitriles is 1. The van der Waals surface area contributed by atoms with Crippen LogP contribution in [0.5, 0.6) is 0 Å². The molecular weight excluding hydrogens is 178 g/mol. The summed E-state index contributed by atoms with van der Waals surface area (Å²) in [4.78, 5) is 3.39. The number of alkyl halides is 2. The van der Waals surface area contributed by atoms with E-state index in [4.69, 9.17) is 10.4 Å². The van der Waals surface area contributed by atoms with Crippen LogP contribution in [-0.4, -0.2) is 10.1 Å². The lowest BCUT2D eigenvalue weighted by Gasteiger charge is -2.02. The summed E-state index contributed by atoms with van der Waals surface area (Å²) in [5.74, 6) is 0. The molecule has 0 aliphatic carbocycles. The highest BCUT2D eigenvalue weighted by molar-refractivity contribution is 5.36. The molecule has 68 valence electrons. The molecule has 0 aromatic carbocycles. The fraction of sp³-hybridized carbons (Fsp3) is 0.250. The van der Waals surface area contributed by atoms with Crippen LogP contribution in [0.4, 0.5) is 8.78 Å². The molecule has 3 nitrogen and oxygen atoms in total. The SMILES string of the molecule is N#Cc1cc(CO)cnc1C(F)F. The zero-order chi connectivity index (χ0) is 9.84. The first-order chi connectivity index (χ1) is 6.19. The third-order valence-corrected chi connectivity index (χ3v) is 1.48. The molecular formula is C8H6F2N2O. The number of hydrogen-bond acceptors (Lipinski definition) is 3. The molecule has 1 aromatic rings. The second-order valence-corrected chi connectivity index (χ2v) is 2.35. The third-order valence-electron chi connectivity index (χ3n) is 1.48. The maximum Gasteiger partial charge on any atom is 0.281 e. The highest BCUT2D eigenvalue weighted by Crippen LogP contribution is 2.20. The molecule has 0 unspecified atom stereocenters. The summed E-state index contributed by atoms with van der Waals surface area (Å²) in [6, 6.07) is 2.80. The number of aliphatic hydroxyl groups excluding tert-OH is 1. The smallest absolute Gasteiger partial charge is 0.281 e. The Labute approximate surface area is 73.3 Å². The summed E-state index contributed by atoms with van der Waals surface area (Å²) in [7, 11) is 0. The van der Waals surface area contributed by atoms with Gasteiger partial charge in [0.1, 0.15) is 11.8 Å². The van der Waals surface area contributed by atoms with Gasteiger partial charge in [0, 0.05) is 6.20 Å². The number of halogens is 2. The molecule has 0 atom stereocenters. The van der Waals surface area contributed by atoms with Gasteiger partial charge in [0.2, 0.25) is 0 Å². The summed E-state index contributed by atoms with van der Waals surface area (Å²) in [5.41, 5.74) is -0.387. The van der Waals surface area contributed by atoms with Crippen LogP contribution in [0, 0.1) is 11.3 Å². The molecule has 0 radical (unpaired) electrons. The minimum absolute atomic E-state index is 0.193. The molecule has 1 rings (SSSR count). The van der Waals surface area contributed by atoms with Gasteiger partial charge in [-0.3, -0.25) is 4.98 Å². The normalized spacial score (nSPS) is 10.1. The van der Waals surface area contributed by atoms with Crippen molar-refractivity contribution in [2.45, 2.75) is 13.0 Å². The fourth-order valence-corrected chi connectivity index (χ4v) is 0.869. The molecule has 0 saturated carbocycles. The van der Waals surface area contributed by atoms with E-state index in [1.807, 2.05) is 0 Å². The van der Waals surface area contributed by atoms with Crippen molar-refractivity contribution >= 4 is 0 Å². The van der Waals surface area contributed by atoms with Crippen LogP contribution in [-0.2, 0) is 6.61 Å². The van der Waals surface area contributed by atoms with E-state index in [0.717, 1.165) is 6.20 Å². The lowest BCUT2D eigenvalue weighted by atomic mass is 10.1. The zero-order valence-electron chi connectivity index (χ0n) is 6.54. The topological polar surface area (TPSA) is 56.9 Å². The first-order valence-electron chi connectivity index (χ1n) is 3.47. The number of aromatic nitrogens is 1. The zero-order valence-corrected chi connectivity index (χ0v) is 6.54. The minimum atomic E-state index is -2.76. The highest BCUT2D eigenvalue weighted by atomic mass is 19.3. The lowest BCUT2D eigenvalue weighted by molar-refractivity contribution is 0.145. The van der Waals surface area contributed by atoms with Crippen LogP contribution < -0.4 is 0 Å². The number of nitrogens with zero attached hydrogens (tertiary/aromatic N) is 2. The van der Waals surface area contributed by atoms with E-state index in [0.29, 0.717) is 5.56 Å². The van der Waals surface area contributed by atoms with E-state index in [1.54, 1.807) is 6.07 Å². The minimum Gasteiger partial charge on any atom is -0.392 e. The first kappa shape index (κ1) is 9.55. The number of hydrogen-bond donors (Lipinski definition) is 1. The molecule has 1 aromatic heterocycles. The molecule has 1 heterocycles. The van der Waals surface area contributed by atoms with Gasteiger partial charge in [0.15, 0.2) is 0 Å². The second-order valence-electron chi connectivity index (χ2n) is 2.35. The van der Waals surface area contributed by atoms with Crippen molar-refractivity contribution in [3.8, 4) is 6.07 Å². The van der Waals surface area contributed by atoms with Gasteiger partial charge in [0.05, 0.1) is 12.2 Å². The summed E-state index contributed by atoms with van der Waals surface area (Å²) >= 11 is 0. The second kappa shape index (κ2) is 3.92. The molecule has 0 amide bonds. The van der Waals surface area contributed by atoms with Crippen molar-refractivity contribution < 1.29 is 13.9 Å². The van der Waals surface area contributed by atoms with Crippen molar-refractivity contribution in [1.29, 1.82) is 5.26 Å². The molecule has 0 saturated heterocycles. The standard InChI is InChI=1S/C8H6F2N2O/c9-8(10)7-6(2-11)1-5(4-13)3-12-7/h1,3,8,13H,4H2. The van der Waals surface area contributed by atoms with Crippen molar-refractivity contribution in [3.05, 3.63) is 29.1 Å². The molecule has 0 spiro atoms. The Hall–Kier alpha value is -1.54. The molecule has 0 aliphatic rings. The van der Waals surface area contributed by atoms with Crippen molar-refractivity contribution in [3.63, 3.8) is 0 Å². The number of aliphatic hydroxyl groups is 1. The van der Waals surface area contributed by atoms with Gasteiger partial charge in [-0.2, -0.15) is 5.26 Å². The Morgan fingerprint density at radius 1 is 1.62 bits per heavy atom. The Balaban J connectivity index is 3.18. The maximum atomic E-state index is 12.2. The fourth-order valence-electron chi connectivity index (χ4n) is 0.869. The monoisotopic (exact) mass is 184 g/mol. The van der Waals surface area contributed by atoms with Crippen molar-refractivity contribution in [2.75, 3.05) is 0 Å². The quantitative estimate of drug-likeness (QED) is 0.755. The predicted octanol–water partition coefficient (Wildman–Crippen LogP) is 1.38. The van der Waals surface area contributed by atoms with E-state index in [9.17, 15) is 8.78 Å². The van der Waals surface area contributed by atoms with Gasteiger partial charge in [-0.1, -0.05) is 0 Å². The Morgan fingerprint density at radius 2 is 2.31 bits per heavy atom. The van der Waals surface area contributed by atoms with Crippen LogP contribution in [0.2, 0.25) is 0 Å². The van der Waals surface area contributed by atoms with Crippen LogP contribution in [0.1, 0.15) is 23.2 Å². The first-order valence-corrected chi connectivity index (χ1v) is 3.47. The van der Waals surface area contributed by atoms with Crippen LogP contribution in [0.15, 0.2) is 12.3 Å². The van der Waals surface area contributed by atoms with Gasteiger partial charge in [-0.05, 0) is 11.6 Å². The van der Waals surface area contributed by atoms with Gasteiger partial charge >= 0.3 is 0 Å². The van der Waals surface area contributed by atoms with E-state index < -0.39 is 12.1 Å². The Bertz CT molecular complexity index is 346. The van der Waals surface area contributed by atoms with E-state index in [-0.39, 0.29) is 12.2 Å². The van der Waals surface area contributed by atoms with E-state index in [2.05, 4.69) is 4.98 Å². The third kappa shape index (κ3) is 1.98. The van der Waals surface area contributed by atoms with E-state index in [1.165, 1.54) is 6.07 Å². The molecule has 5 heteroatoms. The molecule has 1 N–H and O–H groups in total. The molecule has 0 fully saturated rings. The maximum absolute atomic E-state index is 12.2. The summed E-state index contributed by atoms with van der Waals surface area (Å²) < 4.78 is 24.3. The Kier molecular flexibility index (Phi) is 2.88. The van der Waals surface area contributed by atoms with Crippen LogP contribution in [0.25, 0.3) is 0 Å². The average molecular weight is 184 g/mol. The van der Waals surface area contributed by atoms with Gasteiger partial charge in [0.25, 0.3) is 6.43 Å². The highest BCUT2D eigenvalue weighted by Gasteiger charge is 2.14. The molecule has 13 heavy (non-hydrogen) atoms. The van der Waals surface area contributed by atoms with E-state index >= 15 is 0 Å². The van der Waals surface area contributed by atoms with Crippen molar-refractivity contribution in [1.82, 2.24) is 4.98 Å². The van der Waals surface area contributed by atoms with Gasteiger partial charge < -0.3 is 5.11 Å². The molecule has 0 aliphatic heterocycles.